The topological polar surface area (TPSA) is 74.8 Å². The number of aromatic nitrogens is 2. The average Bonchev–Trinajstić information content (AvgIpc) is 2.86. The number of halogens is 1. The highest BCUT2D eigenvalue weighted by molar-refractivity contribution is 9.09. The molecule has 0 aliphatic heterocycles. The smallest absolute Gasteiger partial charge is 0.257 e. The SMILES string of the molecule is O=S(=O)(NC1CCCC1CBr)c1ccn[nH]1. The van der Waals surface area contributed by atoms with Gasteiger partial charge in [-0.1, -0.05) is 22.4 Å². The van der Waals surface area contributed by atoms with Crippen molar-refractivity contribution in [1.29, 1.82) is 0 Å². The molecule has 1 heterocycles. The number of H-pyrrole nitrogens is 1. The number of alkyl halides is 1. The summed E-state index contributed by atoms with van der Waals surface area (Å²) in [6, 6.07) is 1.49. The quantitative estimate of drug-likeness (QED) is 0.822. The minimum Gasteiger partial charge on any atom is -0.266 e. The molecule has 0 bridgehead atoms. The molecule has 0 amide bonds. The van der Waals surface area contributed by atoms with Crippen LogP contribution in [0.4, 0.5) is 0 Å². The molecular formula is C9H14BrN3O2S. The van der Waals surface area contributed by atoms with Gasteiger partial charge in [0.15, 0.2) is 5.03 Å². The standard InChI is InChI=1S/C9H14BrN3O2S/c10-6-7-2-1-3-8(7)13-16(14,15)9-4-5-11-12-9/h4-5,7-8,13H,1-3,6H2,(H,11,12). The van der Waals surface area contributed by atoms with Crippen molar-refractivity contribution in [3.8, 4) is 0 Å². The van der Waals surface area contributed by atoms with Crippen LogP contribution in [-0.4, -0.2) is 30.0 Å². The van der Waals surface area contributed by atoms with E-state index >= 15 is 0 Å². The first-order valence-corrected chi connectivity index (χ1v) is 7.81. The van der Waals surface area contributed by atoms with Gasteiger partial charge < -0.3 is 0 Å². The van der Waals surface area contributed by atoms with Crippen molar-refractivity contribution >= 4 is 26.0 Å². The third-order valence-corrected chi connectivity index (χ3v) is 5.18. The number of nitrogens with one attached hydrogen (secondary N) is 2. The van der Waals surface area contributed by atoms with Gasteiger partial charge in [0.25, 0.3) is 10.0 Å². The van der Waals surface area contributed by atoms with Gasteiger partial charge in [-0.15, -0.1) is 0 Å². The first kappa shape index (κ1) is 12.1. The summed E-state index contributed by atoms with van der Waals surface area (Å²) in [5, 5.41) is 7.09. The van der Waals surface area contributed by atoms with Crippen molar-refractivity contribution in [1.82, 2.24) is 14.9 Å². The minimum absolute atomic E-state index is 0.0349. The fourth-order valence-corrected chi connectivity index (χ4v) is 4.06. The second-order valence-electron chi connectivity index (χ2n) is 3.99. The van der Waals surface area contributed by atoms with Crippen LogP contribution in [0.3, 0.4) is 0 Å². The predicted molar refractivity (Wildman–Crippen MR) is 63.8 cm³/mol. The van der Waals surface area contributed by atoms with Crippen LogP contribution in [0.5, 0.6) is 0 Å². The lowest BCUT2D eigenvalue weighted by atomic mass is 10.1. The van der Waals surface area contributed by atoms with Crippen LogP contribution in [-0.2, 0) is 10.0 Å². The summed E-state index contributed by atoms with van der Waals surface area (Å²) in [5.41, 5.74) is 0. The van der Waals surface area contributed by atoms with E-state index in [0.717, 1.165) is 24.6 Å². The summed E-state index contributed by atoms with van der Waals surface area (Å²) < 4.78 is 26.6. The summed E-state index contributed by atoms with van der Waals surface area (Å²) in [4.78, 5) is 0. The number of hydrogen-bond donors (Lipinski definition) is 2. The molecule has 1 saturated carbocycles. The monoisotopic (exact) mass is 307 g/mol. The van der Waals surface area contributed by atoms with E-state index in [1.54, 1.807) is 0 Å². The van der Waals surface area contributed by atoms with Gasteiger partial charge in [-0.25, -0.2) is 13.1 Å². The highest BCUT2D eigenvalue weighted by atomic mass is 79.9. The van der Waals surface area contributed by atoms with E-state index in [-0.39, 0.29) is 11.1 Å². The lowest BCUT2D eigenvalue weighted by Crippen LogP contribution is -2.38. The van der Waals surface area contributed by atoms with E-state index in [1.807, 2.05) is 0 Å². The van der Waals surface area contributed by atoms with Crippen LogP contribution < -0.4 is 4.72 Å². The highest BCUT2D eigenvalue weighted by Gasteiger charge is 2.30. The lowest BCUT2D eigenvalue weighted by molar-refractivity contribution is 0.483. The van der Waals surface area contributed by atoms with Gasteiger partial charge in [-0.05, 0) is 24.8 Å². The summed E-state index contributed by atoms with van der Waals surface area (Å²) in [7, 11) is -3.43. The first-order chi connectivity index (χ1) is 7.63. The molecule has 1 aromatic heterocycles. The molecule has 1 fully saturated rings. The Hall–Kier alpha value is -0.400. The van der Waals surface area contributed by atoms with Crippen molar-refractivity contribution in [3.05, 3.63) is 12.3 Å². The fourth-order valence-electron chi connectivity index (χ4n) is 2.03. The molecule has 0 spiro atoms. The van der Waals surface area contributed by atoms with Crippen LogP contribution in [0, 0.1) is 5.92 Å². The Morgan fingerprint density at radius 3 is 3.00 bits per heavy atom. The molecule has 5 nitrogen and oxygen atoms in total. The number of aromatic amines is 1. The Balaban J connectivity index is 2.10. The molecule has 0 radical (unpaired) electrons. The number of nitrogens with zero attached hydrogens (tertiary/aromatic N) is 1. The second-order valence-corrected chi connectivity index (χ2v) is 6.32. The first-order valence-electron chi connectivity index (χ1n) is 5.21. The largest absolute Gasteiger partial charge is 0.266 e. The second kappa shape index (κ2) is 4.85. The third-order valence-electron chi connectivity index (χ3n) is 2.93. The Morgan fingerprint density at radius 2 is 2.38 bits per heavy atom. The van der Waals surface area contributed by atoms with Crippen LogP contribution in [0.15, 0.2) is 17.3 Å². The van der Waals surface area contributed by atoms with E-state index in [2.05, 4.69) is 30.8 Å². The molecule has 2 rings (SSSR count). The Bertz CT molecular complexity index is 432. The molecule has 2 unspecified atom stereocenters. The maximum atomic E-state index is 11.9. The van der Waals surface area contributed by atoms with E-state index in [4.69, 9.17) is 0 Å². The lowest BCUT2D eigenvalue weighted by Gasteiger charge is -2.18. The number of rotatable bonds is 4. The summed E-state index contributed by atoms with van der Waals surface area (Å²) in [5.74, 6) is 0.387. The Labute approximate surface area is 103 Å². The van der Waals surface area contributed by atoms with Gasteiger partial charge in [-0.3, -0.25) is 5.10 Å². The van der Waals surface area contributed by atoms with Gasteiger partial charge in [0, 0.05) is 11.4 Å². The van der Waals surface area contributed by atoms with Crippen molar-refractivity contribution in [2.75, 3.05) is 5.33 Å². The van der Waals surface area contributed by atoms with Gasteiger partial charge in [0.05, 0.1) is 6.20 Å². The molecular weight excluding hydrogens is 294 g/mol. The molecule has 0 saturated heterocycles. The zero-order valence-electron chi connectivity index (χ0n) is 8.69. The minimum atomic E-state index is -3.43. The van der Waals surface area contributed by atoms with E-state index in [0.29, 0.717) is 5.92 Å². The zero-order chi connectivity index (χ0) is 11.6. The zero-order valence-corrected chi connectivity index (χ0v) is 11.1. The van der Waals surface area contributed by atoms with Gasteiger partial charge in [-0.2, -0.15) is 5.10 Å². The van der Waals surface area contributed by atoms with Crippen molar-refractivity contribution in [3.63, 3.8) is 0 Å². The molecule has 1 aliphatic rings. The molecule has 0 aromatic carbocycles. The van der Waals surface area contributed by atoms with E-state index in [9.17, 15) is 8.42 Å². The molecule has 2 N–H and O–H groups in total. The normalized spacial score (nSPS) is 26.1. The molecule has 7 heteroatoms. The molecule has 1 aromatic rings. The predicted octanol–water partition coefficient (Wildman–Crippen LogP) is 1.25. The summed E-state index contributed by atoms with van der Waals surface area (Å²) >= 11 is 3.42. The fraction of sp³-hybridized carbons (Fsp3) is 0.667. The van der Waals surface area contributed by atoms with Gasteiger partial charge in [0.2, 0.25) is 0 Å². The Kier molecular flexibility index (Phi) is 3.66. The van der Waals surface area contributed by atoms with Crippen molar-refractivity contribution in [2.45, 2.75) is 30.3 Å². The molecule has 16 heavy (non-hydrogen) atoms. The van der Waals surface area contributed by atoms with Crippen LogP contribution in [0.25, 0.3) is 0 Å². The average molecular weight is 308 g/mol. The van der Waals surface area contributed by atoms with E-state index in [1.165, 1.54) is 12.3 Å². The third kappa shape index (κ3) is 2.46. The summed E-state index contributed by atoms with van der Waals surface area (Å²) in [6.07, 6.45) is 4.49. The Morgan fingerprint density at radius 1 is 1.56 bits per heavy atom. The number of sulfonamides is 1. The molecule has 1 aliphatic carbocycles. The maximum Gasteiger partial charge on any atom is 0.257 e. The van der Waals surface area contributed by atoms with Crippen LogP contribution in [0.2, 0.25) is 0 Å². The molecule has 2 atom stereocenters. The van der Waals surface area contributed by atoms with Crippen molar-refractivity contribution in [2.24, 2.45) is 5.92 Å². The van der Waals surface area contributed by atoms with Gasteiger partial charge in [0.1, 0.15) is 0 Å². The molecule has 90 valence electrons. The van der Waals surface area contributed by atoms with Crippen LogP contribution in [0.1, 0.15) is 19.3 Å². The summed E-state index contributed by atoms with van der Waals surface area (Å²) in [6.45, 7) is 0. The van der Waals surface area contributed by atoms with Gasteiger partial charge >= 0.3 is 0 Å². The highest BCUT2D eigenvalue weighted by Crippen LogP contribution is 2.28. The number of hydrogen-bond acceptors (Lipinski definition) is 3. The van der Waals surface area contributed by atoms with Crippen molar-refractivity contribution < 1.29 is 8.42 Å². The van der Waals surface area contributed by atoms with E-state index < -0.39 is 10.0 Å². The maximum absolute atomic E-state index is 11.9. The van der Waals surface area contributed by atoms with Crippen LogP contribution >= 0.6 is 15.9 Å².